The predicted octanol–water partition coefficient (Wildman–Crippen LogP) is 5.48. The molecule has 5 rings (SSSR count). The highest BCUT2D eigenvalue weighted by molar-refractivity contribution is 6.05. The van der Waals surface area contributed by atoms with E-state index < -0.39 is 17.6 Å². The van der Waals surface area contributed by atoms with Crippen LogP contribution in [0.4, 0.5) is 41.9 Å². The van der Waals surface area contributed by atoms with Crippen LogP contribution in [0.2, 0.25) is 0 Å². The summed E-state index contributed by atoms with van der Waals surface area (Å²) in [5.74, 6) is 1.18. The molecule has 13 heteroatoms. The third kappa shape index (κ3) is 6.72. The summed E-state index contributed by atoms with van der Waals surface area (Å²) in [5, 5.41) is 13.7. The average Bonchev–Trinajstić information content (AvgIpc) is 3.35. The van der Waals surface area contributed by atoms with Gasteiger partial charge in [0.25, 0.3) is 5.91 Å². The van der Waals surface area contributed by atoms with Crippen LogP contribution in [-0.4, -0.2) is 70.3 Å². The molecule has 0 bridgehead atoms. The van der Waals surface area contributed by atoms with E-state index in [9.17, 15) is 18.0 Å². The molecular formula is C30H34F3N9O. The van der Waals surface area contributed by atoms with Gasteiger partial charge in [0.15, 0.2) is 5.82 Å². The second kappa shape index (κ2) is 11.9. The number of aromatic nitrogens is 4. The Kier molecular flexibility index (Phi) is 8.27. The smallest absolute Gasteiger partial charge is 0.373 e. The fourth-order valence-electron chi connectivity index (χ4n) is 4.91. The van der Waals surface area contributed by atoms with Crippen molar-refractivity contribution in [2.45, 2.75) is 33.0 Å². The zero-order chi connectivity index (χ0) is 30.9. The Hall–Kier alpha value is -4.65. The number of nitrogens with one attached hydrogen (secondary N) is 3. The maximum Gasteiger partial charge on any atom is 0.416 e. The normalized spacial score (nSPS) is 15.8. The number of likely N-dealkylation sites (N-methyl/N-ethyl adjacent to an activating group) is 1. The fraction of sp³-hybridized carbons (Fsp3) is 0.333. The van der Waals surface area contributed by atoms with Crippen LogP contribution < -0.4 is 20.9 Å². The zero-order valence-electron chi connectivity index (χ0n) is 24.6. The minimum absolute atomic E-state index is 0.0655. The molecule has 1 fully saturated rings. The number of amides is 1. The Morgan fingerprint density at radius 2 is 1.81 bits per heavy atom. The summed E-state index contributed by atoms with van der Waals surface area (Å²) < 4.78 is 43.2. The van der Waals surface area contributed by atoms with Crippen LogP contribution in [0.1, 0.15) is 34.1 Å². The van der Waals surface area contributed by atoms with Crippen molar-refractivity contribution >= 4 is 34.6 Å². The van der Waals surface area contributed by atoms with E-state index in [2.05, 4.69) is 35.9 Å². The van der Waals surface area contributed by atoms with E-state index >= 15 is 0 Å². The van der Waals surface area contributed by atoms with E-state index in [1.807, 2.05) is 44.9 Å². The Balaban J connectivity index is 1.41. The largest absolute Gasteiger partial charge is 0.416 e. The third-order valence-electron chi connectivity index (χ3n) is 7.55. The van der Waals surface area contributed by atoms with Crippen molar-refractivity contribution in [3.63, 3.8) is 0 Å². The molecule has 3 N–H and O–H groups in total. The topological polar surface area (TPSA) is 103 Å². The number of aryl methyl sites for hydroxylation is 2. The van der Waals surface area contributed by atoms with Gasteiger partial charge >= 0.3 is 6.18 Å². The number of carbonyl (C=O) groups excluding carboxylic acids is 1. The van der Waals surface area contributed by atoms with Crippen molar-refractivity contribution in [1.82, 2.24) is 24.6 Å². The monoisotopic (exact) mass is 593 g/mol. The van der Waals surface area contributed by atoms with Gasteiger partial charge in [0.2, 0.25) is 0 Å². The van der Waals surface area contributed by atoms with Gasteiger partial charge in [-0.3, -0.25) is 4.79 Å². The number of alkyl halides is 3. The van der Waals surface area contributed by atoms with Crippen LogP contribution in [0, 0.1) is 13.8 Å². The van der Waals surface area contributed by atoms with Crippen LogP contribution in [-0.2, 0) is 6.18 Å². The molecule has 3 heterocycles. The lowest BCUT2D eigenvalue weighted by Crippen LogP contribution is -2.50. The SMILES string of the molecule is CNc1cc(-n2nc(C)cc2Nc2cc(NC(=O)c3cc(N4CCN(C)[C@H](C)C4)cc(C(F)(F)F)c3)ccc2C)ncn1. The molecule has 2 aromatic carbocycles. The number of rotatable bonds is 7. The van der Waals surface area contributed by atoms with Gasteiger partial charge in [0, 0.05) is 67.5 Å². The molecule has 2 aromatic heterocycles. The molecular weight excluding hydrogens is 559 g/mol. The average molecular weight is 594 g/mol. The molecule has 0 aliphatic carbocycles. The number of halogens is 3. The van der Waals surface area contributed by atoms with E-state index in [-0.39, 0.29) is 11.6 Å². The maximum absolute atomic E-state index is 13.9. The number of hydrogen-bond acceptors (Lipinski definition) is 8. The highest BCUT2D eigenvalue weighted by Crippen LogP contribution is 2.34. The number of piperazine rings is 1. The van der Waals surface area contributed by atoms with Crippen LogP contribution in [0.3, 0.4) is 0 Å². The third-order valence-corrected chi connectivity index (χ3v) is 7.55. The van der Waals surface area contributed by atoms with Gasteiger partial charge < -0.3 is 25.8 Å². The number of anilines is 5. The molecule has 4 aromatic rings. The van der Waals surface area contributed by atoms with Crippen LogP contribution >= 0.6 is 0 Å². The lowest BCUT2D eigenvalue weighted by atomic mass is 10.1. The predicted molar refractivity (Wildman–Crippen MR) is 162 cm³/mol. The Bertz CT molecular complexity index is 1640. The summed E-state index contributed by atoms with van der Waals surface area (Å²) in [7, 11) is 3.75. The summed E-state index contributed by atoms with van der Waals surface area (Å²) in [6.07, 6.45) is -3.16. The molecule has 0 saturated carbocycles. The van der Waals surface area contributed by atoms with Gasteiger partial charge in [-0.05, 0) is 63.7 Å². The first kappa shape index (κ1) is 29.8. The number of hydrogen-bond donors (Lipinski definition) is 3. The van der Waals surface area contributed by atoms with E-state index in [1.54, 1.807) is 29.9 Å². The maximum atomic E-state index is 13.9. The molecule has 1 amide bonds. The van der Waals surface area contributed by atoms with Gasteiger partial charge in [0.1, 0.15) is 18.0 Å². The minimum Gasteiger partial charge on any atom is -0.373 e. The Morgan fingerprint density at radius 1 is 1.02 bits per heavy atom. The standard InChI is InChI=1S/C30H34F3N9O/c1-18-6-7-23(14-25(18)38-28-10-19(2)39-42(28)27-15-26(34-4)35-17-36-27)37-29(43)21-11-22(30(31,32)33)13-24(12-21)41-9-8-40(5)20(3)16-41/h6-7,10-15,17,20,38H,8-9,16H2,1-5H3,(H,37,43)(H,34,35,36)/t20-/m1/s1. The zero-order valence-corrected chi connectivity index (χ0v) is 24.6. The van der Waals surface area contributed by atoms with Crippen LogP contribution in [0.25, 0.3) is 5.82 Å². The van der Waals surface area contributed by atoms with Crippen molar-refractivity contribution in [2.24, 2.45) is 0 Å². The lowest BCUT2D eigenvalue weighted by Gasteiger charge is -2.39. The molecule has 1 aliphatic rings. The molecule has 226 valence electrons. The number of nitrogens with zero attached hydrogens (tertiary/aromatic N) is 6. The molecule has 0 spiro atoms. The summed E-state index contributed by atoms with van der Waals surface area (Å²) in [5.41, 5.74) is 2.19. The summed E-state index contributed by atoms with van der Waals surface area (Å²) in [6, 6.07) is 12.6. The fourth-order valence-corrected chi connectivity index (χ4v) is 4.91. The molecule has 1 atom stereocenters. The van der Waals surface area contributed by atoms with Crippen molar-refractivity contribution in [3.05, 3.63) is 77.2 Å². The number of carbonyl (C=O) groups is 1. The van der Waals surface area contributed by atoms with E-state index in [1.165, 1.54) is 12.4 Å². The van der Waals surface area contributed by atoms with Crippen molar-refractivity contribution < 1.29 is 18.0 Å². The molecule has 1 aliphatic heterocycles. The molecule has 0 unspecified atom stereocenters. The first-order chi connectivity index (χ1) is 20.4. The summed E-state index contributed by atoms with van der Waals surface area (Å²) in [4.78, 5) is 25.9. The van der Waals surface area contributed by atoms with Crippen molar-refractivity contribution in [1.29, 1.82) is 0 Å². The van der Waals surface area contributed by atoms with Crippen LogP contribution in [0.15, 0.2) is 54.9 Å². The lowest BCUT2D eigenvalue weighted by molar-refractivity contribution is -0.137. The van der Waals surface area contributed by atoms with E-state index in [0.717, 1.165) is 23.4 Å². The minimum atomic E-state index is -4.59. The highest BCUT2D eigenvalue weighted by Gasteiger charge is 2.33. The van der Waals surface area contributed by atoms with Crippen LogP contribution in [0.5, 0.6) is 0 Å². The van der Waals surface area contributed by atoms with E-state index in [4.69, 9.17) is 0 Å². The van der Waals surface area contributed by atoms with E-state index in [0.29, 0.717) is 54.2 Å². The summed E-state index contributed by atoms with van der Waals surface area (Å²) in [6.45, 7) is 7.63. The van der Waals surface area contributed by atoms with Gasteiger partial charge in [-0.15, -0.1) is 0 Å². The second-order valence-electron chi connectivity index (χ2n) is 10.7. The van der Waals surface area contributed by atoms with Crippen molar-refractivity contribution in [3.8, 4) is 5.82 Å². The number of benzene rings is 2. The Labute approximate surface area is 247 Å². The first-order valence-electron chi connectivity index (χ1n) is 13.8. The molecule has 10 nitrogen and oxygen atoms in total. The first-order valence-corrected chi connectivity index (χ1v) is 13.8. The van der Waals surface area contributed by atoms with Gasteiger partial charge in [-0.1, -0.05) is 6.07 Å². The van der Waals surface area contributed by atoms with Gasteiger partial charge in [-0.25, -0.2) is 9.97 Å². The highest BCUT2D eigenvalue weighted by atomic mass is 19.4. The molecule has 1 saturated heterocycles. The molecule has 0 radical (unpaired) electrons. The second-order valence-corrected chi connectivity index (χ2v) is 10.7. The Morgan fingerprint density at radius 3 is 2.53 bits per heavy atom. The van der Waals surface area contributed by atoms with Gasteiger partial charge in [0.05, 0.1) is 11.3 Å². The van der Waals surface area contributed by atoms with Gasteiger partial charge in [-0.2, -0.15) is 23.0 Å². The van der Waals surface area contributed by atoms with Crippen molar-refractivity contribution in [2.75, 3.05) is 54.6 Å². The quantitative estimate of drug-likeness (QED) is 0.259. The summed E-state index contributed by atoms with van der Waals surface area (Å²) >= 11 is 0. The molecule has 43 heavy (non-hydrogen) atoms.